The fourth-order valence-electron chi connectivity index (χ4n) is 2.56. The number of carbonyl (C=O) groups is 1. The van der Waals surface area contributed by atoms with Crippen molar-refractivity contribution in [2.24, 2.45) is 0 Å². The number of β-amino-alcohol motifs (C(OH)–C–C–N with tert-alkyl or cyclic N) is 1. The summed E-state index contributed by atoms with van der Waals surface area (Å²) in [6.07, 6.45) is 2.71. The average Bonchev–Trinajstić information content (AvgIpc) is 3.16. The van der Waals surface area contributed by atoms with Gasteiger partial charge in [0.25, 0.3) is 0 Å². The van der Waals surface area contributed by atoms with Gasteiger partial charge in [-0.2, -0.15) is 0 Å². The molecule has 140 valence electrons. The molecule has 5 nitrogen and oxygen atoms in total. The number of nitrogens with zero attached hydrogens (tertiary/aromatic N) is 2. The Morgan fingerprint density at radius 3 is 2.38 bits per heavy atom. The maximum atomic E-state index is 10.0. The highest BCUT2D eigenvalue weighted by Gasteiger charge is 2.16. The average molecular weight is 395 g/mol. The van der Waals surface area contributed by atoms with E-state index in [-0.39, 0.29) is 6.61 Å². The summed E-state index contributed by atoms with van der Waals surface area (Å²) < 4.78 is 0. The Hall–Kier alpha value is -1.86. The van der Waals surface area contributed by atoms with Gasteiger partial charge in [-0.25, -0.2) is 4.79 Å². The van der Waals surface area contributed by atoms with Gasteiger partial charge < -0.3 is 15.1 Å². The highest BCUT2D eigenvalue weighted by molar-refractivity contribution is 7.10. The summed E-state index contributed by atoms with van der Waals surface area (Å²) in [6.45, 7) is 5.10. The van der Waals surface area contributed by atoms with Gasteiger partial charge in [0.1, 0.15) is 0 Å². The number of halogens is 1. The van der Waals surface area contributed by atoms with Crippen LogP contribution in [0.1, 0.15) is 4.88 Å². The molecular formula is C19H23ClN2O3S. The van der Waals surface area contributed by atoms with E-state index >= 15 is 0 Å². The fourth-order valence-corrected chi connectivity index (χ4v) is 3.31. The lowest BCUT2D eigenvalue weighted by atomic mass is 10.2. The van der Waals surface area contributed by atoms with Crippen LogP contribution in [0.3, 0.4) is 0 Å². The Morgan fingerprint density at radius 1 is 1.15 bits per heavy atom. The van der Waals surface area contributed by atoms with E-state index < -0.39 is 5.97 Å². The normalized spacial score (nSPS) is 14.9. The maximum Gasteiger partial charge on any atom is 0.328 e. The first-order chi connectivity index (χ1) is 12.6. The van der Waals surface area contributed by atoms with Crippen molar-refractivity contribution < 1.29 is 15.0 Å². The first kappa shape index (κ1) is 20.5. The zero-order valence-electron chi connectivity index (χ0n) is 14.4. The fraction of sp³-hybridized carbons (Fsp3) is 0.316. The summed E-state index contributed by atoms with van der Waals surface area (Å²) in [4.78, 5) is 15.6. The summed E-state index contributed by atoms with van der Waals surface area (Å²) >= 11 is 7.38. The molecule has 3 rings (SSSR count). The van der Waals surface area contributed by atoms with Crippen LogP contribution in [0.5, 0.6) is 0 Å². The zero-order chi connectivity index (χ0) is 18.8. The molecule has 1 aliphatic heterocycles. The highest BCUT2D eigenvalue weighted by atomic mass is 35.5. The van der Waals surface area contributed by atoms with Crippen LogP contribution in [0.15, 0.2) is 47.9 Å². The van der Waals surface area contributed by atoms with Crippen LogP contribution in [0.4, 0.5) is 5.69 Å². The van der Waals surface area contributed by atoms with Gasteiger partial charge in [-0.15, -0.1) is 11.3 Å². The first-order valence-corrected chi connectivity index (χ1v) is 9.62. The minimum atomic E-state index is -0.909. The first-order valence-electron chi connectivity index (χ1n) is 8.36. The summed E-state index contributed by atoms with van der Waals surface area (Å²) in [5.41, 5.74) is 1.23. The number of aliphatic hydroxyl groups excluding tert-OH is 1. The summed E-state index contributed by atoms with van der Waals surface area (Å²) in [5, 5.41) is 19.8. The Labute approximate surface area is 162 Å². The van der Waals surface area contributed by atoms with E-state index in [2.05, 4.69) is 21.9 Å². The van der Waals surface area contributed by atoms with Crippen LogP contribution in [-0.4, -0.2) is 60.4 Å². The van der Waals surface area contributed by atoms with Crippen molar-refractivity contribution in [2.75, 3.05) is 44.2 Å². The second-order valence-corrected chi connectivity index (χ2v) is 7.13. The van der Waals surface area contributed by atoms with Crippen LogP contribution >= 0.6 is 22.9 Å². The van der Waals surface area contributed by atoms with Crippen molar-refractivity contribution in [3.05, 3.63) is 57.8 Å². The predicted octanol–water partition coefficient (Wildman–Crippen LogP) is 3.30. The number of hydrogen-bond donors (Lipinski definition) is 2. The third-order valence-electron chi connectivity index (χ3n) is 3.91. The summed E-state index contributed by atoms with van der Waals surface area (Å²) in [5.74, 6) is -0.909. The number of carboxylic acids is 1. The second-order valence-electron chi connectivity index (χ2n) is 5.72. The molecule has 2 N–H and O–H groups in total. The number of anilines is 1. The molecule has 0 radical (unpaired) electrons. The van der Waals surface area contributed by atoms with E-state index in [1.165, 1.54) is 17.0 Å². The lowest BCUT2D eigenvalue weighted by Gasteiger charge is -2.35. The van der Waals surface area contributed by atoms with E-state index in [1.807, 2.05) is 29.6 Å². The van der Waals surface area contributed by atoms with Crippen LogP contribution in [-0.2, 0) is 4.79 Å². The van der Waals surface area contributed by atoms with E-state index in [9.17, 15) is 4.79 Å². The number of rotatable bonds is 5. The van der Waals surface area contributed by atoms with E-state index in [0.717, 1.165) is 48.7 Å². The Morgan fingerprint density at radius 2 is 1.85 bits per heavy atom. The molecule has 1 fully saturated rings. The number of aliphatic carboxylic acids is 1. The minimum Gasteiger partial charge on any atom is -0.478 e. The SMILES string of the molecule is O=C(O)/C=C/c1cccs1.OCCN1CCN(c2ccc(Cl)cc2)CC1. The molecule has 0 saturated carbocycles. The number of thiophene rings is 1. The predicted molar refractivity (Wildman–Crippen MR) is 108 cm³/mol. The van der Waals surface area contributed by atoms with Crippen LogP contribution < -0.4 is 4.90 Å². The van der Waals surface area contributed by atoms with Crippen molar-refractivity contribution in [1.29, 1.82) is 0 Å². The van der Waals surface area contributed by atoms with Gasteiger partial charge in [-0.05, 0) is 41.8 Å². The largest absolute Gasteiger partial charge is 0.478 e. The molecule has 1 aromatic carbocycles. The molecule has 1 saturated heterocycles. The lowest BCUT2D eigenvalue weighted by Crippen LogP contribution is -2.47. The second kappa shape index (κ2) is 11.0. The van der Waals surface area contributed by atoms with Crippen LogP contribution in [0.2, 0.25) is 5.02 Å². The topological polar surface area (TPSA) is 64.0 Å². The smallest absolute Gasteiger partial charge is 0.328 e. The van der Waals surface area contributed by atoms with Crippen molar-refractivity contribution in [2.45, 2.75) is 0 Å². The molecule has 0 unspecified atom stereocenters. The minimum absolute atomic E-state index is 0.251. The zero-order valence-corrected chi connectivity index (χ0v) is 16.0. The summed E-state index contributed by atoms with van der Waals surface area (Å²) in [7, 11) is 0. The number of hydrogen-bond acceptors (Lipinski definition) is 5. The van der Waals surface area contributed by atoms with Crippen molar-refractivity contribution in [3.63, 3.8) is 0 Å². The standard InChI is InChI=1S/C12H17ClN2O.C7H6O2S/c13-11-1-3-12(4-2-11)15-7-5-14(6-8-15)9-10-16;8-7(9)4-3-6-2-1-5-10-6/h1-4,16H,5-10H2;1-5H,(H,8,9)/b;4-3+. The highest BCUT2D eigenvalue weighted by Crippen LogP contribution is 2.19. The molecule has 1 aliphatic rings. The van der Waals surface area contributed by atoms with E-state index in [4.69, 9.17) is 21.8 Å². The van der Waals surface area contributed by atoms with Gasteiger partial charge in [-0.1, -0.05) is 17.7 Å². The van der Waals surface area contributed by atoms with Gasteiger partial charge in [0, 0.05) is 54.4 Å². The monoisotopic (exact) mass is 394 g/mol. The molecule has 0 atom stereocenters. The third-order valence-corrected chi connectivity index (χ3v) is 5.00. The molecular weight excluding hydrogens is 372 g/mol. The number of benzene rings is 1. The van der Waals surface area contributed by atoms with Gasteiger partial charge in [0.15, 0.2) is 0 Å². The van der Waals surface area contributed by atoms with Gasteiger partial charge >= 0.3 is 5.97 Å². The van der Waals surface area contributed by atoms with Gasteiger partial charge in [0.2, 0.25) is 0 Å². The molecule has 2 heterocycles. The molecule has 0 bridgehead atoms. The quantitative estimate of drug-likeness (QED) is 0.762. The Kier molecular flexibility index (Phi) is 8.64. The number of aliphatic hydroxyl groups is 1. The molecule has 2 aromatic rings. The number of piperazine rings is 1. The van der Waals surface area contributed by atoms with Crippen molar-refractivity contribution >= 4 is 40.7 Å². The van der Waals surface area contributed by atoms with E-state index in [1.54, 1.807) is 6.08 Å². The van der Waals surface area contributed by atoms with E-state index in [0.29, 0.717) is 0 Å². The Balaban J connectivity index is 0.000000209. The molecule has 1 aromatic heterocycles. The van der Waals surface area contributed by atoms with Crippen LogP contribution in [0.25, 0.3) is 6.08 Å². The van der Waals surface area contributed by atoms with Gasteiger partial charge in [-0.3, -0.25) is 4.90 Å². The maximum absolute atomic E-state index is 10.0. The molecule has 7 heteroatoms. The molecule has 26 heavy (non-hydrogen) atoms. The molecule has 0 spiro atoms. The Bertz CT molecular complexity index is 681. The number of carboxylic acid groups (broad SMARTS) is 1. The molecule has 0 aliphatic carbocycles. The lowest BCUT2D eigenvalue weighted by molar-refractivity contribution is -0.131. The summed E-state index contributed by atoms with van der Waals surface area (Å²) in [6, 6.07) is 11.7. The molecule has 0 amide bonds. The van der Waals surface area contributed by atoms with Crippen LogP contribution in [0, 0.1) is 0 Å². The third kappa shape index (κ3) is 7.17. The van der Waals surface area contributed by atoms with Crippen molar-refractivity contribution in [3.8, 4) is 0 Å². The van der Waals surface area contributed by atoms with Crippen molar-refractivity contribution in [1.82, 2.24) is 4.90 Å². The van der Waals surface area contributed by atoms with Gasteiger partial charge in [0.05, 0.1) is 6.61 Å².